The van der Waals surface area contributed by atoms with Crippen LogP contribution in [0.1, 0.15) is 12.8 Å². The summed E-state index contributed by atoms with van der Waals surface area (Å²) >= 11 is 0. The van der Waals surface area contributed by atoms with Crippen LogP contribution in [-0.4, -0.2) is 45.8 Å². The van der Waals surface area contributed by atoms with E-state index in [9.17, 15) is 22.8 Å². The Morgan fingerprint density at radius 2 is 1.89 bits per heavy atom. The van der Waals surface area contributed by atoms with Crippen molar-refractivity contribution in [3.05, 3.63) is 39.3 Å². The molecule has 1 aliphatic heterocycles. The first kappa shape index (κ1) is 19.0. The molecular weight excluding hydrogens is 376 g/mol. The molecule has 0 aliphatic carbocycles. The number of nitrogens with zero attached hydrogens (tertiary/aromatic N) is 5. The minimum Gasteiger partial charge on any atom is -0.302 e. The molecule has 0 aromatic carbocycles. The Labute approximate surface area is 154 Å². The van der Waals surface area contributed by atoms with Crippen molar-refractivity contribution < 1.29 is 13.2 Å². The molecule has 1 saturated heterocycles. The molecule has 1 fully saturated rings. The van der Waals surface area contributed by atoms with Crippen LogP contribution in [0.5, 0.6) is 0 Å². The third kappa shape index (κ3) is 3.32. The number of anilines is 1. The van der Waals surface area contributed by atoms with Gasteiger partial charge in [0.1, 0.15) is 11.9 Å². The average Bonchev–Trinajstić information content (AvgIpc) is 3.03. The van der Waals surface area contributed by atoms with E-state index in [0.29, 0.717) is 29.8 Å². The molecule has 27 heavy (non-hydrogen) atoms. The number of sulfonamides is 1. The van der Waals surface area contributed by atoms with Gasteiger partial charge in [-0.3, -0.25) is 23.7 Å². The van der Waals surface area contributed by atoms with Crippen molar-refractivity contribution in [1.29, 1.82) is 0 Å². The SMILES string of the molecule is Cn1nccc1N1CCCC(NS(=O)(=O)c2cn(C)c(=O)n(C)c2=O)C1=O. The molecule has 12 heteroatoms. The molecular formula is C15H20N6O5S. The van der Waals surface area contributed by atoms with Crippen molar-refractivity contribution >= 4 is 21.7 Å². The van der Waals surface area contributed by atoms with E-state index in [1.165, 1.54) is 23.7 Å². The number of nitrogens with one attached hydrogen (secondary N) is 1. The van der Waals surface area contributed by atoms with Crippen LogP contribution in [0.4, 0.5) is 5.82 Å². The molecule has 2 aromatic rings. The van der Waals surface area contributed by atoms with Crippen LogP contribution in [0, 0.1) is 0 Å². The summed E-state index contributed by atoms with van der Waals surface area (Å²) in [5.74, 6) is 0.136. The minimum atomic E-state index is -4.30. The lowest BCUT2D eigenvalue weighted by Crippen LogP contribution is -2.53. The summed E-state index contributed by atoms with van der Waals surface area (Å²) in [6.45, 7) is 0.443. The maximum atomic E-state index is 12.8. The van der Waals surface area contributed by atoms with Crippen LogP contribution < -0.4 is 20.9 Å². The van der Waals surface area contributed by atoms with Gasteiger partial charge in [-0.05, 0) is 12.8 Å². The number of amides is 1. The van der Waals surface area contributed by atoms with E-state index in [1.54, 1.807) is 19.3 Å². The van der Waals surface area contributed by atoms with Gasteiger partial charge in [-0.25, -0.2) is 13.2 Å². The maximum absolute atomic E-state index is 12.8. The quantitative estimate of drug-likeness (QED) is 0.655. The normalized spacial score (nSPS) is 18.1. The summed E-state index contributed by atoms with van der Waals surface area (Å²) in [7, 11) is -0.0775. The van der Waals surface area contributed by atoms with Crippen molar-refractivity contribution in [2.75, 3.05) is 11.4 Å². The van der Waals surface area contributed by atoms with Gasteiger partial charge in [-0.2, -0.15) is 9.82 Å². The number of piperidine rings is 1. The molecule has 0 bridgehead atoms. The van der Waals surface area contributed by atoms with Gasteiger partial charge in [-0.15, -0.1) is 0 Å². The van der Waals surface area contributed by atoms with Crippen molar-refractivity contribution in [2.24, 2.45) is 21.1 Å². The first-order valence-electron chi connectivity index (χ1n) is 8.22. The molecule has 2 aromatic heterocycles. The lowest BCUT2D eigenvalue weighted by atomic mass is 10.1. The first-order valence-corrected chi connectivity index (χ1v) is 9.70. The van der Waals surface area contributed by atoms with Crippen molar-refractivity contribution in [2.45, 2.75) is 23.8 Å². The topological polar surface area (TPSA) is 128 Å². The second kappa shape index (κ2) is 6.78. The summed E-state index contributed by atoms with van der Waals surface area (Å²) in [5.41, 5.74) is -1.59. The molecule has 1 amide bonds. The van der Waals surface area contributed by atoms with Gasteiger partial charge in [0.15, 0.2) is 4.90 Å². The second-order valence-corrected chi connectivity index (χ2v) is 8.05. The number of aromatic nitrogens is 4. The number of rotatable bonds is 4. The number of aryl methyl sites for hydroxylation is 2. The molecule has 1 unspecified atom stereocenters. The zero-order valence-electron chi connectivity index (χ0n) is 15.1. The molecule has 146 valence electrons. The fourth-order valence-electron chi connectivity index (χ4n) is 3.05. The molecule has 11 nitrogen and oxygen atoms in total. The first-order chi connectivity index (χ1) is 12.6. The molecule has 3 rings (SSSR count). The van der Waals surface area contributed by atoms with E-state index in [-0.39, 0.29) is 0 Å². The van der Waals surface area contributed by atoms with Crippen LogP contribution in [0.3, 0.4) is 0 Å². The molecule has 1 atom stereocenters. The Morgan fingerprint density at radius 3 is 2.52 bits per heavy atom. The van der Waals surface area contributed by atoms with Gasteiger partial charge < -0.3 is 4.57 Å². The zero-order valence-corrected chi connectivity index (χ0v) is 15.9. The van der Waals surface area contributed by atoms with Crippen LogP contribution in [0.15, 0.2) is 32.9 Å². The largest absolute Gasteiger partial charge is 0.330 e. The standard InChI is InChI=1S/C15H20N6O5S/c1-18-9-11(14(23)19(2)15(18)24)27(25,26)17-10-5-4-8-21(13(10)22)12-6-7-16-20(12)3/h6-7,9-10,17H,4-5,8H2,1-3H3. The van der Waals surface area contributed by atoms with Gasteiger partial charge in [0, 0.05) is 40.0 Å². The molecule has 0 spiro atoms. The Bertz CT molecular complexity index is 1110. The Kier molecular flexibility index (Phi) is 4.78. The lowest BCUT2D eigenvalue weighted by Gasteiger charge is -2.32. The van der Waals surface area contributed by atoms with Crippen molar-refractivity contribution in [3.63, 3.8) is 0 Å². The Hall–Kier alpha value is -2.73. The number of carbonyl (C=O) groups is 1. The van der Waals surface area contributed by atoms with E-state index in [1.807, 2.05) is 0 Å². The van der Waals surface area contributed by atoms with Crippen molar-refractivity contribution in [1.82, 2.24) is 23.6 Å². The number of hydrogen-bond acceptors (Lipinski definition) is 6. The maximum Gasteiger partial charge on any atom is 0.330 e. The second-order valence-electron chi connectivity index (χ2n) is 6.37. The summed E-state index contributed by atoms with van der Waals surface area (Å²) in [6, 6.07) is 0.651. The van der Waals surface area contributed by atoms with Gasteiger partial charge in [0.2, 0.25) is 15.9 Å². The molecule has 0 saturated carbocycles. The van der Waals surface area contributed by atoms with Crippen molar-refractivity contribution in [3.8, 4) is 0 Å². The smallest absolute Gasteiger partial charge is 0.302 e. The highest BCUT2D eigenvalue weighted by atomic mass is 32.2. The van der Waals surface area contributed by atoms with Crippen LogP contribution >= 0.6 is 0 Å². The molecule has 3 heterocycles. The predicted octanol–water partition coefficient (Wildman–Crippen LogP) is -1.71. The van der Waals surface area contributed by atoms with E-state index in [2.05, 4.69) is 9.82 Å². The van der Waals surface area contributed by atoms with E-state index in [0.717, 1.165) is 10.8 Å². The van der Waals surface area contributed by atoms with E-state index in [4.69, 9.17) is 0 Å². The highest BCUT2D eigenvalue weighted by Crippen LogP contribution is 2.21. The van der Waals surface area contributed by atoms with Gasteiger partial charge >= 0.3 is 5.69 Å². The van der Waals surface area contributed by atoms with Crippen LogP contribution in [-0.2, 0) is 36.0 Å². The van der Waals surface area contributed by atoms with Gasteiger partial charge in [0.05, 0.1) is 6.20 Å². The predicted molar refractivity (Wildman–Crippen MR) is 95.8 cm³/mol. The number of carbonyl (C=O) groups excluding carboxylic acids is 1. The van der Waals surface area contributed by atoms with E-state index < -0.39 is 38.1 Å². The highest BCUT2D eigenvalue weighted by Gasteiger charge is 2.35. The number of hydrogen-bond donors (Lipinski definition) is 1. The fourth-order valence-corrected chi connectivity index (χ4v) is 4.44. The Balaban J connectivity index is 1.92. The third-order valence-electron chi connectivity index (χ3n) is 4.51. The monoisotopic (exact) mass is 396 g/mol. The summed E-state index contributed by atoms with van der Waals surface area (Å²) in [4.78, 5) is 37.6. The summed E-state index contributed by atoms with van der Waals surface area (Å²) in [5, 5.41) is 4.02. The zero-order chi connectivity index (χ0) is 19.9. The Morgan fingerprint density at radius 1 is 1.19 bits per heavy atom. The molecule has 0 radical (unpaired) electrons. The molecule has 1 N–H and O–H groups in total. The molecule has 1 aliphatic rings. The average molecular weight is 396 g/mol. The highest BCUT2D eigenvalue weighted by molar-refractivity contribution is 7.89. The van der Waals surface area contributed by atoms with Crippen LogP contribution in [0.25, 0.3) is 0 Å². The third-order valence-corrected chi connectivity index (χ3v) is 5.97. The summed E-state index contributed by atoms with van der Waals surface area (Å²) < 4.78 is 31.0. The summed E-state index contributed by atoms with van der Waals surface area (Å²) in [6.07, 6.45) is 3.39. The minimum absolute atomic E-state index is 0.304. The lowest BCUT2D eigenvalue weighted by molar-refractivity contribution is -0.121. The van der Waals surface area contributed by atoms with Gasteiger partial charge in [-0.1, -0.05) is 0 Å². The van der Waals surface area contributed by atoms with Gasteiger partial charge in [0.25, 0.3) is 5.56 Å². The fraction of sp³-hybridized carbons (Fsp3) is 0.467. The van der Waals surface area contributed by atoms with Crippen LogP contribution in [0.2, 0.25) is 0 Å². The van der Waals surface area contributed by atoms with E-state index >= 15 is 0 Å².